The van der Waals surface area contributed by atoms with Gasteiger partial charge >= 0.3 is 0 Å². The predicted molar refractivity (Wildman–Crippen MR) is 65.1 cm³/mol. The second-order valence-electron chi connectivity index (χ2n) is 3.96. The first kappa shape index (κ1) is 12.6. The monoisotopic (exact) mass is 246 g/mol. The van der Waals surface area contributed by atoms with Crippen LogP contribution in [0.25, 0.3) is 0 Å². The van der Waals surface area contributed by atoms with Crippen molar-refractivity contribution in [2.75, 3.05) is 31.8 Å². The summed E-state index contributed by atoms with van der Waals surface area (Å²) >= 11 is 0. The molecule has 1 fully saturated rings. The summed E-state index contributed by atoms with van der Waals surface area (Å²) in [6, 6.07) is 9.04. The van der Waals surface area contributed by atoms with Crippen molar-refractivity contribution in [1.82, 2.24) is 0 Å². The van der Waals surface area contributed by atoms with E-state index in [4.69, 9.17) is 14.7 Å². The molecule has 0 N–H and O–H groups in total. The van der Waals surface area contributed by atoms with Crippen LogP contribution in [-0.2, 0) is 14.3 Å². The summed E-state index contributed by atoms with van der Waals surface area (Å²) in [7, 11) is 1.64. The van der Waals surface area contributed by atoms with Crippen LogP contribution in [0.2, 0.25) is 0 Å². The number of likely N-dealkylation sites (N-methyl/N-ethyl adjacent to an activating group) is 1. The number of carbonyl (C=O) groups is 1. The summed E-state index contributed by atoms with van der Waals surface area (Å²) in [4.78, 5) is 13.6. The Morgan fingerprint density at radius 2 is 2.22 bits per heavy atom. The first-order valence-electron chi connectivity index (χ1n) is 5.70. The highest BCUT2D eigenvalue weighted by Gasteiger charge is 2.27. The van der Waals surface area contributed by atoms with Gasteiger partial charge in [-0.05, 0) is 12.1 Å². The van der Waals surface area contributed by atoms with E-state index < -0.39 is 6.10 Å². The molecule has 1 heterocycles. The van der Waals surface area contributed by atoms with Crippen molar-refractivity contribution in [3.63, 3.8) is 0 Å². The lowest BCUT2D eigenvalue weighted by molar-refractivity contribution is -0.144. The Morgan fingerprint density at radius 3 is 2.89 bits per heavy atom. The van der Waals surface area contributed by atoms with Gasteiger partial charge in [0.15, 0.2) is 6.10 Å². The number of hydrogen-bond donors (Lipinski definition) is 0. The fourth-order valence-electron chi connectivity index (χ4n) is 1.83. The first-order chi connectivity index (χ1) is 8.74. The molecule has 1 aromatic carbocycles. The third kappa shape index (κ3) is 2.50. The normalized spacial score (nSPS) is 19.0. The average molecular weight is 246 g/mol. The van der Waals surface area contributed by atoms with Crippen molar-refractivity contribution in [2.24, 2.45) is 0 Å². The first-order valence-corrected chi connectivity index (χ1v) is 5.70. The lowest BCUT2D eigenvalue weighted by atomic mass is 10.1. The van der Waals surface area contributed by atoms with E-state index in [1.54, 1.807) is 31.3 Å². The van der Waals surface area contributed by atoms with Crippen molar-refractivity contribution in [2.45, 2.75) is 6.10 Å². The maximum absolute atomic E-state index is 12.2. The molecule has 0 bridgehead atoms. The average Bonchev–Trinajstić information content (AvgIpc) is 2.46. The number of benzene rings is 1. The van der Waals surface area contributed by atoms with E-state index in [-0.39, 0.29) is 12.5 Å². The fraction of sp³-hybridized carbons (Fsp3) is 0.385. The Morgan fingerprint density at radius 1 is 1.44 bits per heavy atom. The van der Waals surface area contributed by atoms with E-state index in [9.17, 15) is 4.79 Å². The summed E-state index contributed by atoms with van der Waals surface area (Å²) < 4.78 is 10.6. The van der Waals surface area contributed by atoms with Gasteiger partial charge < -0.3 is 14.4 Å². The number of hydrogen-bond acceptors (Lipinski definition) is 4. The molecule has 1 saturated heterocycles. The summed E-state index contributed by atoms with van der Waals surface area (Å²) in [5.41, 5.74) is 1.05. The number of ether oxygens (including phenoxy) is 2. The van der Waals surface area contributed by atoms with Crippen molar-refractivity contribution < 1.29 is 14.3 Å². The number of carbonyl (C=O) groups excluding carboxylic acids is 1. The van der Waals surface area contributed by atoms with Crippen LogP contribution in [0, 0.1) is 11.3 Å². The highest BCUT2D eigenvalue weighted by molar-refractivity contribution is 5.97. The highest BCUT2D eigenvalue weighted by Crippen LogP contribution is 2.19. The van der Waals surface area contributed by atoms with Gasteiger partial charge in [-0.2, -0.15) is 5.26 Å². The molecule has 1 aliphatic heterocycles. The second kappa shape index (κ2) is 5.63. The summed E-state index contributed by atoms with van der Waals surface area (Å²) in [5.74, 6) is -0.197. The maximum Gasteiger partial charge on any atom is 0.258 e. The molecule has 0 spiro atoms. The third-order valence-electron chi connectivity index (χ3n) is 2.81. The molecule has 1 unspecified atom stereocenters. The predicted octanol–water partition coefficient (Wildman–Crippen LogP) is 0.936. The molecule has 5 heteroatoms. The molecule has 1 atom stereocenters. The molecule has 0 aliphatic carbocycles. The molecule has 5 nitrogen and oxygen atoms in total. The standard InChI is InChI=1S/C13H14N2O3/c1-15(11-5-3-2-4-10(11)8-14)13(16)12-9-17-6-7-18-12/h2-5,12H,6-7,9H2,1H3. The Labute approximate surface area is 106 Å². The largest absolute Gasteiger partial charge is 0.376 e. The van der Waals surface area contributed by atoms with Gasteiger partial charge in [0, 0.05) is 7.05 Å². The van der Waals surface area contributed by atoms with Gasteiger partial charge in [-0.25, -0.2) is 0 Å². The Bertz CT molecular complexity index is 475. The Kier molecular flexibility index (Phi) is 3.92. The minimum absolute atomic E-state index is 0.197. The highest BCUT2D eigenvalue weighted by atomic mass is 16.6. The van der Waals surface area contributed by atoms with Gasteiger partial charge in [0.2, 0.25) is 0 Å². The van der Waals surface area contributed by atoms with E-state index in [0.29, 0.717) is 24.5 Å². The molecule has 1 aliphatic rings. The maximum atomic E-state index is 12.2. The van der Waals surface area contributed by atoms with Gasteiger partial charge in [0.05, 0.1) is 31.1 Å². The zero-order chi connectivity index (χ0) is 13.0. The quantitative estimate of drug-likeness (QED) is 0.779. The topological polar surface area (TPSA) is 62.6 Å². The molecule has 18 heavy (non-hydrogen) atoms. The molecular weight excluding hydrogens is 232 g/mol. The van der Waals surface area contributed by atoms with E-state index in [0.717, 1.165) is 0 Å². The molecule has 1 aromatic rings. The lowest BCUT2D eigenvalue weighted by Crippen LogP contribution is -2.44. The molecule has 0 radical (unpaired) electrons. The smallest absolute Gasteiger partial charge is 0.258 e. The zero-order valence-corrected chi connectivity index (χ0v) is 10.1. The summed E-state index contributed by atoms with van der Waals surface area (Å²) in [6.45, 7) is 1.20. The number of nitrogens with zero attached hydrogens (tertiary/aromatic N) is 2. The summed E-state index contributed by atoms with van der Waals surface area (Å²) in [5, 5.41) is 9.02. The summed E-state index contributed by atoms with van der Waals surface area (Å²) in [6.07, 6.45) is -0.588. The van der Waals surface area contributed by atoms with E-state index in [1.165, 1.54) is 4.90 Å². The van der Waals surface area contributed by atoms with Crippen LogP contribution in [0.15, 0.2) is 24.3 Å². The van der Waals surface area contributed by atoms with Crippen molar-refractivity contribution in [1.29, 1.82) is 5.26 Å². The van der Waals surface area contributed by atoms with Crippen LogP contribution in [0.4, 0.5) is 5.69 Å². The molecule has 94 valence electrons. The molecular formula is C13H14N2O3. The zero-order valence-electron chi connectivity index (χ0n) is 10.1. The second-order valence-corrected chi connectivity index (χ2v) is 3.96. The fourth-order valence-corrected chi connectivity index (χ4v) is 1.83. The third-order valence-corrected chi connectivity index (χ3v) is 2.81. The Balaban J connectivity index is 2.17. The lowest BCUT2D eigenvalue weighted by Gasteiger charge is -2.27. The van der Waals surface area contributed by atoms with Crippen LogP contribution in [0.1, 0.15) is 5.56 Å². The van der Waals surface area contributed by atoms with Crippen LogP contribution in [0.5, 0.6) is 0 Å². The number of anilines is 1. The van der Waals surface area contributed by atoms with E-state index in [1.807, 2.05) is 0 Å². The van der Waals surface area contributed by atoms with E-state index >= 15 is 0 Å². The van der Waals surface area contributed by atoms with Crippen molar-refractivity contribution >= 4 is 11.6 Å². The number of para-hydroxylation sites is 1. The van der Waals surface area contributed by atoms with Crippen LogP contribution in [-0.4, -0.2) is 38.9 Å². The Hall–Kier alpha value is -1.90. The molecule has 0 aromatic heterocycles. The SMILES string of the molecule is CN(C(=O)C1COCCO1)c1ccccc1C#N. The van der Waals surface area contributed by atoms with Crippen molar-refractivity contribution in [3.05, 3.63) is 29.8 Å². The van der Waals surface area contributed by atoms with Crippen LogP contribution in [0.3, 0.4) is 0 Å². The van der Waals surface area contributed by atoms with Gasteiger partial charge in [0.25, 0.3) is 5.91 Å². The van der Waals surface area contributed by atoms with Crippen LogP contribution < -0.4 is 4.90 Å². The number of nitriles is 1. The van der Waals surface area contributed by atoms with Gasteiger partial charge in [-0.3, -0.25) is 4.79 Å². The van der Waals surface area contributed by atoms with Crippen molar-refractivity contribution in [3.8, 4) is 6.07 Å². The number of amides is 1. The van der Waals surface area contributed by atoms with E-state index in [2.05, 4.69) is 6.07 Å². The minimum atomic E-state index is -0.588. The number of rotatable bonds is 2. The molecule has 1 amide bonds. The van der Waals surface area contributed by atoms with Crippen LogP contribution >= 0.6 is 0 Å². The van der Waals surface area contributed by atoms with Gasteiger partial charge in [-0.1, -0.05) is 12.1 Å². The molecule has 0 saturated carbocycles. The molecule has 2 rings (SSSR count). The van der Waals surface area contributed by atoms with Gasteiger partial charge in [-0.15, -0.1) is 0 Å². The van der Waals surface area contributed by atoms with Gasteiger partial charge in [0.1, 0.15) is 6.07 Å². The minimum Gasteiger partial charge on any atom is -0.376 e.